The Hall–Kier alpha value is -1.03. The average Bonchev–Trinajstić information content (AvgIpc) is 2.72. The quantitative estimate of drug-likeness (QED) is 0.883. The van der Waals surface area contributed by atoms with Gasteiger partial charge in [0.05, 0.1) is 5.56 Å². The molecule has 0 radical (unpaired) electrons. The molecule has 2 rings (SSSR count). The van der Waals surface area contributed by atoms with Crippen LogP contribution in [0.25, 0.3) is 0 Å². The molecule has 1 aromatic carbocycles. The molecule has 2 unspecified atom stereocenters. The molecular weight excluding hydrogens is 294 g/mol. The smallest absolute Gasteiger partial charge is 0.338 e. The first-order valence-corrected chi connectivity index (χ1v) is 7.13. The van der Waals surface area contributed by atoms with E-state index in [1.807, 2.05) is 12.1 Å². The molecule has 0 bridgehead atoms. The summed E-state index contributed by atoms with van der Waals surface area (Å²) in [6.45, 7) is 3.14. The normalized spacial score (nSPS) is 23.0. The van der Waals surface area contributed by atoms with Crippen LogP contribution in [0.5, 0.6) is 0 Å². The number of carboxylic acids is 1. The highest BCUT2D eigenvalue weighted by Gasteiger charge is 2.22. The van der Waals surface area contributed by atoms with Crippen LogP contribution in [-0.4, -0.2) is 17.6 Å². The van der Waals surface area contributed by atoms with Crippen molar-refractivity contribution in [2.75, 3.05) is 11.9 Å². The molecule has 2 atom stereocenters. The maximum atomic E-state index is 11.2. The lowest BCUT2D eigenvalue weighted by atomic mass is 10.1. The van der Waals surface area contributed by atoms with Gasteiger partial charge in [0.15, 0.2) is 0 Å². The first-order valence-electron chi connectivity index (χ1n) is 6.33. The van der Waals surface area contributed by atoms with E-state index in [9.17, 15) is 9.90 Å². The number of anilines is 1. The summed E-state index contributed by atoms with van der Waals surface area (Å²) >= 11 is 3.29. The van der Waals surface area contributed by atoms with Crippen LogP contribution in [0.3, 0.4) is 0 Å². The minimum absolute atomic E-state index is 0.323. The molecule has 3 nitrogen and oxygen atoms in total. The predicted molar refractivity (Wildman–Crippen MR) is 76.1 cm³/mol. The molecule has 0 heterocycles. The number of nitrogens with one attached hydrogen (secondary N) is 1. The SMILES string of the molecule is CC1CCC(CNc2cccc(Br)c2C(=O)O)C1. The van der Waals surface area contributed by atoms with Gasteiger partial charge in [-0.25, -0.2) is 4.79 Å². The number of rotatable bonds is 4. The van der Waals surface area contributed by atoms with Gasteiger partial charge in [0.2, 0.25) is 0 Å². The van der Waals surface area contributed by atoms with Crippen molar-refractivity contribution < 1.29 is 9.90 Å². The summed E-state index contributed by atoms with van der Waals surface area (Å²) in [7, 11) is 0. The molecule has 1 aromatic rings. The monoisotopic (exact) mass is 311 g/mol. The highest BCUT2D eigenvalue weighted by Crippen LogP contribution is 2.31. The third-order valence-corrected chi connectivity index (χ3v) is 4.27. The molecule has 0 aromatic heterocycles. The number of hydrogen-bond acceptors (Lipinski definition) is 2. The van der Waals surface area contributed by atoms with E-state index in [-0.39, 0.29) is 0 Å². The number of carbonyl (C=O) groups is 1. The second-order valence-electron chi connectivity index (χ2n) is 5.13. The van der Waals surface area contributed by atoms with Gasteiger partial charge in [-0.2, -0.15) is 0 Å². The lowest BCUT2D eigenvalue weighted by molar-refractivity contribution is 0.0697. The highest BCUT2D eigenvalue weighted by molar-refractivity contribution is 9.10. The van der Waals surface area contributed by atoms with Crippen LogP contribution in [0, 0.1) is 11.8 Å². The van der Waals surface area contributed by atoms with Crippen molar-refractivity contribution >= 4 is 27.6 Å². The Morgan fingerprint density at radius 1 is 1.50 bits per heavy atom. The van der Waals surface area contributed by atoms with E-state index in [0.29, 0.717) is 21.6 Å². The molecule has 0 saturated heterocycles. The standard InChI is InChI=1S/C14H18BrNO2/c1-9-5-6-10(7-9)8-16-12-4-2-3-11(15)13(12)14(17)18/h2-4,9-10,16H,5-8H2,1H3,(H,17,18). The van der Waals surface area contributed by atoms with Gasteiger partial charge >= 0.3 is 5.97 Å². The van der Waals surface area contributed by atoms with Crippen molar-refractivity contribution in [1.29, 1.82) is 0 Å². The van der Waals surface area contributed by atoms with Crippen LogP contribution in [-0.2, 0) is 0 Å². The zero-order valence-electron chi connectivity index (χ0n) is 10.4. The number of hydrogen-bond donors (Lipinski definition) is 2. The Morgan fingerprint density at radius 3 is 2.89 bits per heavy atom. The molecule has 1 saturated carbocycles. The maximum absolute atomic E-state index is 11.2. The Bertz CT molecular complexity index is 447. The fraction of sp³-hybridized carbons (Fsp3) is 0.500. The van der Waals surface area contributed by atoms with Crippen LogP contribution in [0.2, 0.25) is 0 Å². The van der Waals surface area contributed by atoms with E-state index < -0.39 is 5.97 Å². The van der Waals surface area contributed by atoms with Gasteiger partial charge in [0.1, 0.15) is 0 Å². The van der Waals surface area contributed by atoms with Crippen LogP contribution < -0.4 is 5.32 Å². The summed E-state index contributed by atoms with van der Waals surface area (Å²) in [5, 5.41) is 12.5. The Balaban J connectivity index is 2.05. The van der Waals surface area contributed by atoms with Gasteiger partial charge < -0.3 is 10.4 Å². The Kier molecular flexibility index (Phi) is 4.27. The molecule has 1 aliphatic rings. The zero-order valence-corrected chi connectivity index (χ0v) is 12.0. The van der Waals surface area contributed by atoms with Crippen molar-refractivity contribution in [2.24, 2.45) is 11.8 Å². The summed E-state index contributed by atoms with van der Waals surface area (Å²) in [6.07, 6.45) is 3.77. The van der Waals surface area contributed by atoms with Crippen LogP contribution >= 0.6 is 15.9 Å². The van der Waals surface area contributed by atoms with E-state index in [4.69, 9.17) is 0 Å². The highest BCUT2D eigenvalue weighted by atomic mass is 79.9. The van der Waals surface area contributed by atoms with Gasteiger partial charge in [-0.05, 0) is 52.7 Å². The number of carboxylic acid groups (broad SMARTS) is 1. The molecule has 98 valence electrons. The van der Waals surface area contributed by atoms with Crippen LogP contribution in [0.15, 0.2) is 22.7 Å². The molecule has 1 aliphatic carbocycles. The van der Waals surface area contributed by atoms with Crippen molar-refractivity contribution in [2.45, 2.75) is 26.2 Å². The molecule has 0 spiro atoms. The fourth-order valence-electron chi connectivity index (χ4n) is 2.65. The van der Waals surface area contributed by atoms with Gasteiger partial charge in [-0.15, -0.1) is 0 Å². The van der Waals surface area contributed by atoms with Crippen LogP contribution in [0.4, 0.5) is 5.69 Å². The Labute approximate surface area is 116 Å². The lowest BCUT2D eigenvalue weighted by Crippen LogP contribution is -2.14. The van der Waals surface area contributed by atoms with E-state index in [1.54, 1.807) is 6.07 Å². The van der Waals surface area contributed by atoms with Gasteiger partial charge in [-0.3, -0.25) is 0 Å². The molecular formula is C14H18BrNO2. The summed E-state index contributed by atoms with van der Waals surface area (Å²) in [5.41, 5.74) is 1.03. The molecule has 2 N–H and O–H groups in total. The largest absolute Gasteiger partial charge is 0.478 e. The minimum atomic E-state index is -0.898. The van der Waals surface area contributed by atoms with Gasteiger partial charge in [-0.1, -0.05) is 19.4 Å². The van der Waals surface area contributed by atoms with E-state index in [2.05, 4.69) is 28.2 Å². The summed E-state index contributed by atoms with van der Waals surface area (Å²) in [4.78, 5) is 11.2. The minimum Gasteiger partial charge on any atom is -0.478 e. The summed E-state index contributed by atoms with van der Waals surface area (Å²) in [6, 6.07) is 5.44. The third kappa shape index (κ3) is 3.05. The Morgan fingerprint density at radius 2 is 2.28 bits per heavy atom. The second-order valence-corrected chi connectivity index (χ2v) is 5.99. The average molecular weight is 312 g/mol. The second kappa shape index (κ2) is 5.74. The van der Waals surface area contributed by atoms with Crippen molar-refractivity contribution in [3.05, 3.63) is 28.2 Å². The number of aromatic carboxylic acids is 1. The molecule has 0 aliphatic heterocycles. The number of benzene rings is 1. The van der Waals surface area contributed by atoms with Crippen LogP contribution in [0.1, 0.15) is 36.5 Å². The van der Waals surface area contributed by atoms with Crippen molar-refractivity contribution in [1.82, 2.24) is 0 Å². The molecule has 4 heteroatoms. The molecule has 18 heavy (non-hydrogen) atoms. The predicted octanol–water partition coefficient (Wildman–Crippen LogP) is 4.00. The molecule has 1 fully saturated rings. The maximum Gasteiger partial charge on any atom is 0.338 e. The zero-order chi connectivity index (χ0) is 13.1. The summed E-state index contributed by atoms with van der Waals surface area (Å²) < 4.78 is 0.625. The van der Waals surface area contributed by atoms with Gasteiger partial charge in [0, 0.05) is 16.7 Å². The van der Waals surface area contributed by atoms with Gasteiger partial charge in [0.25, 0.3) is 0 Å². The summed E-state index contributed by atoms with van der Waals surface area (Å²) in [5.74, 6) is 0.573. The van der Waals surface area contributed by atoms with E-state index in [1.165, 1.54) is 19.3 Å². The van der Waals surface area contributed by atoms with Crippen molar-refractivity contribution in [3.63, 3.8) is 0 Å². The van der Waals surface area contributed by atoms with Crippen molar-refractivity contribution in [3.8, 4) is 0 Å². The first-order chi connectivity index (χ1) is 8.58. The van der Waals surface area contributed by atoms with E-state index in [0.717, 1.165) is 12.5 Å². The van der Waals surface area contributed by atoms with E-state index >= 15 is 0 Å². The lowest BCUT2D eigenvalue weighted by Gasteiger charge is -2.14. The number of halogens is 1. The first kappa shape index (κ1) is 13.4. The fourth-order valence-corrected chi connectivity index (χ4v) is 3.19. The molecule has 0 amide bonds. The third-order valence-electron chi connectivity index (χ3n) is 3.61. The topological polar surface area (TPSA) is 49.3 Å².